The highest BCUT2D eigenvalue weighted by Gasteiger charge is 2.86. The third-order valence-electron chi connectivity index (χ3n) is 5.05. The van der Waals surface area contributed by atoms with Crippen molar-refractivity contribution < 1.29 is 70.7 Å². The first-order valence-corrected chi connectivity index (χ1v) is 14.7. The summed E-state index contributed by atoms with van der Waals surface area (Å²) in [5, 5.41) is -6.91. The summed E-state index contributed by atoms with van der Waals surface area (Å²) in [5.74, 6) is -14.7. The average molecular weight is 664 g/mol. The molecule has 0 unspecified atom stereocenters. The molecule has 14 heteroatoms. The summed E-state index contributed by atoms with van der Waals surface area (Å²) in [6.45, 7) is 7.28. The molecule has 0 spiro atoms. The maximum absolute atomic E-state index is 14.3. The van der Waals surface area contributed by atoms with Crippen molar-refractivity contribution in [2.45, 2.75) is 62.8 Å². The maximum Gasteiger partial charge on any atom is 0.460 e. The van der Waals surface area contributed by atoms with Gasteiger partial charge in [0.1, 0.15) is 0 Å². The fourth-order valence-electron chi connectivity index (χ4n) is 2.76. The standard InChI is InChI=1S/C22H22F9IO3S/c1-13(2)15-5-9-17(10-6-15)32(18-11-7-16(8-12-18)14(3)4)35-36(33,34)22(30,31)20(25,26)19(23,24)21(27,28)29/h5-14H,1-4H3/q+1. The van der Waals surface area contributed by atoms with Crippen LogP contribution in [-0.4, -0.2) is 31.7 Å². The van der Waals surface area contributed by atoms with Gasteiger partial charge in [0.2, 0.25) is 0 Å². The van der Waals surface area contributed by atoms with Crippen molar-refractivity contribution in [2.24, 2.45) is 0 Å². The predicted octanol–water partition coefficient (Wildman–Crippen LogP) is 4.28. The van der Waals surface area contributed by atoms with Crippen molar-refractivity contribution in [1.29, 1.82) is 0 Å². The normalized spacial score (nSPS) is 14.2. The monoisotopic (exact) mass is 664 g/mol. The molecule has 1 radical (unpaired) electrons. The van der Waals surface area contributed by atoms with E-state index >= 15 is 0 Å². The van der Waals surface area contributed by atoms with Crippen molar-refractivity contribution in [2.75, 3.05) is 0 Å². The van der Waals surface area contributed by atoms with Crippen LogP contribution in [0.1, 0.15) is 50.7 Å². The van der Waals surface area contributed by atoms with E-state index in [1.54, 1.807) is 0 Å². The topological polar surface area (TPSA) is 43.4 Å². The second kappa shape index (κ2) is 10.3. The first kappa shape index (κ1) is 30.7. The summed E-state index contributed by atoms with van der Waals surface area (Å²) >= 11 is -4.11. The van der Waals surface area contributed by atoms with E-state index in [0.29, 0.717) is 0 Å². The zero-order valence-corrected chi connectivity index (χ0v) is 22.2. The zero-order valence-electron chi connectivity index (χ0n) is 19.2. The van der Waals surface area contributed by atoms with Gasteiger partial charge in [0.25, 0.3) is 0 Å². The smallest absolute Gasteiger partial charge is 0.191 e. The summed E-state index contributed by atoms with van der Waals surface area (Å²) in [6.07, 6.45) is -7.16. The molecule has 36 heavy (non-hydrogen) atoms. The van der Waals surface area contributed by atoms with Gasteiger partial charge >= 0.3 is 53.6 Å². The Balaban J connectivity index is 2.61. The van der Waals surface area contributed by atoms with Gasteiger partial charge in [-0.25, -0.2) is 0 Å². The first-order chi connectivity index (χ1) is 16.2. The highest BCUT2D eigenvalue weighted by atomic mass is 127. The van der Waals surface area contributed by atoms with Crippen LogP contribution in [0.15, 0.2) is 48.5 Å². The Bertz CT molecular complexity index is 1090. The third kappa shape index (κ3) is 5.64. The van der Waals surface area contributed by atoms with E-state index in [1.807, 2.05) is 27.7 Å². The van der Waals surface area contributed by atoms with Gasteiger partial charge in [0.05, 0.1) is 0 Å². The van der Waals surface area contributed by atoms with Crippen LogP contribution in [0.5, 0.6) is 0 Å². The lowest BCUT2D eigenvalue weighted by molar-refractivity contribution is -1.03. The fourth-order valence-corrected chi connectivity index (χ4v) is 9.68. The number of alkyl halides is 9. The van der Waals surface area contributed by atoms with Gasteiger partial charge < -0.3 is 0 Å². The van der Waals surface area contributed by atoms with Crippen molar-refractivity contribution in [3.8, 4) is 0 Å². The Labute approximate surface area is 210 Å². The molecule has 0 aromatic heterocycles. The van der Waals surface area contributed by atoms with Crippen LogP contribution < -0.4 is 20.2 Å². The van der Waals surface area contributed by atoms with E-state index in [0.717, 1.165) is 11.1 Å². The summed E-state index contributed by atoms with van der Waals surface area (Å²) in [4.78, 5) is 0. The van der Waals surface area contributed by atoms with E-state index in [1.165, 1.54) is 48.5 Å². The fraction of sp³-hybridized carbons (Fsp3) is 0.455. The molecule has 2 rings (SSSR count). The summed E-state index contributed by atoms with van der Waals surface area (Å²) in [6, 6.07) is 11.3. The second-order valence-corrected chi connectivity index (χ2v) is 14.9. The summed E-state index contributed by atoms with van der Waals surface area (Å²) in [5.41, 5.74) is 1.49. The highest BCUT2D eigenvalue weighted by molar-refractivity contribution is 7.87. The van der Waals surface area contributed by atoms with E-state index < -0.39 is 53.6 Å². The lowest BCUT2D eigenvalue weighted by atomic mass is 10.0. The van der Waals surface area contributed by atoms with E-state index in [-0.39, 0.29) is 19.0 Å². The minimum absolute atomic E-state index is 0.00361. The van der Waals surface area contributed by atoms with Crippen LogP contribution in [-0.2, 0) is 12.6 Å². The lowest BCUT2D eigenvalue weighted by Crippen LogP contribution is -3.85. The molecular formula is C22H22F9IO3S+. The van der Waals surface area contributed by atoms with Crippen molar-refractivity contribution in [3.05, 3.63) is 66.8 Å². The molecule has 0 aliphatic heterocycles. The van der Waals surface area contributed by atoms with Gasteiger partial charge in [-0.3, -0.25) is 0 Å². The van der Waals surface area contributed by atoms with E-state index in [2.05, 4.69) is 2.51 Å². The van der Waals surface area contributed by atoms with E-state index in [9.17, 15) is 47.9 Å². The first-order valence-electron chi connectivity index (χ1n) is 10.2. The van der Waals surface area contributed by atoms with Crippen LogP contribution in [0, 0.1) is 7.14 Å². The molecule has 0 aliphatic carbocycles. The Hall–Kier alpha value is -1.55. The molecule has 0 atom stereocenters. The zero-order chi connectivity index (χ0) is 27.9. The summed E-state index contributed by atoms with van der Waals surface area (Å²) < 4.78 is 149. The number of hydrogen-bond donors (Lipinski definition) is 0. The van der Waals surface area contributed by atoms with Gasteiger partial charge in [-0.15, -0.1) is 0 Å². The number of benzene rings is 2. The minimum atomic E-state index is -7.36. The van der Waals surface area contributed by atoms with Crippen LogP contribution in [0.25, 0.3) is 0 Å². The number of rotatable bonds is 9. The molecule has 0 amide bonds. The minimum Gasteiger partial charge on any atom is -0.191 e. The Morgan fingerprint density at radius 3 is 1.25 bits per heavy atom. The van der Waals surface area contributed by atoms with Crippen LogP contribution >= 0.6 is 0 Å². The number of halogens is 10. The van der Waals surface area contributed by atoms with Crippen molar-refractivity contribution in [1.82, 2.24) is 0 Å². The van der Waals surface area contributed by atoms with Crippen LogP contribution in [0.4, 0.5) is 39.5 Å². The third-order valence-corrected chi connectivity index (χ3v) is 12.4. The SMILES string of the molecule is CC(C)c1ccc([I+](OS(=O)(=O)C(F)(F)C(F)(F)C(F)(F)C(F)(F)F)c2ccc(C(C)C)cc2)cc1. The van der Waals surface area contributed by atoms with Gasteiger partial charge in [-0.1, -0.05) is 52.0 Å². The molecule has 0 fully saturated rings. The molecule has 203 valence electrons. The lowest BCUT2D eigenvalue weighted by Gasteiger charge is -2.31. The molecule has 0 saturated heterocycles. The van der Waals surface area contributed by atoms with Gasteiger partial charge in [-0.05, 0) is 49.7 Å². The highest BCUT2D eigenvalue weighted by Crippen LogP contribution is 2.54. The van der Waals surface area contributed by atoms with E-state index in [4.69, 9.17) is 0 Å². The largest absolute Gasteiger partial charge is 0.460 e. The Morgan fingerprint density at radius 2 is 0.972 bits per heavy atom. The number of hydrogen-bond acceptors (Lipinski definition) is 3. The molecular weight excluding hydrogens is 642 g/mol. The molecule has 0 bridgehead atoms. The molecule has 0 saturated carbocycles. The van der Waals surface area contributed by atoms with Gasteiger partial charge in [-0.2, -0.15) is 47.9 Å². The van der Waals surface area contributed by atoms with Gasteiger partial charge in [0.15, 0.2) is 7.14 Å². The molecule has 3 nitrogen and oxygen atoms in total. The molecule has 0 N–H and O–H groups in total. The second-order valence-electron chi connectivity index (χ2n) is 8.34. The Morgan fingerprint density at radius 1 is 0.639 bits per heavy atom. The Kier molecular flexibility index (Phi) is 8.78. The molecule has 0 heterocycles. The van der Waals surface area contributed by atoms with Crippen molar-refractivity contribution in [3.63, 3.8) is 0 Å². The van der Waals surface area contributed by atoms with Crippen LogP contribution in [0.2, 0.25) is 0 Å². The van der Waals surface area contributed by atoms with Crippen molar-refractivity contribution >= 4 is 10.1 Å². The van der Waals surface area contributed by atoms with Gasteiger partial charge in [0, 0.05) is 0 Å². The maximum atomic E-state index is 14.3. The molecule has 0 aliphatic rings. The summed E-state index contributed by atoms with van der Waals surface area (Å²) in [7, 11) is -7.00. The quantitative estimate of drug-likeness (QED) is 0.297. The molecule has 2 aromatic carbocycles. The average Bonchev–Trinajstić information content (AvgIpc) is 2.76. The van der Waals surface area contributed by atoms with Crippen LogP contribution in [0.3, 0.4) is 0 Å². The molecule has 2 aromatic rings. The predicted molar refractivity (Wildman–Crippen MR) is 109 cm³/mol.